The molecule has 1 heterocycles. The van der Waals surface area contributed by atoms with Crippen molar-refractivity contribution in [2.45, 2.75) is 25.5 Å². The molecule has 2 aromatic carbocycles. The van der Waals surface area contributed by atoms with Gasteiger partial charge in [0.15, 0.2) is 0 Å². The molecule has 4 nitrogen and oxygen atoms in total. The van der Waals surface area contributed by atoms with Gasteiger partial charge in [-0.05, 0) is 29.7 Å². The summed E-state index contributed by atoms with van der Waals surface area (Å²) in [7, 11) is 0. The van der Waals surface area contributed by atoms with E-state index in [4.69, 9.17) is 16.3 Å². The second kappa shape index (κ2) is 9.72. The number of carbonyl (C=O) groups is 1. The van der Waals surface area contributed by atoms with E-state index in [2.05, 4.69) is 17.4 Å². The Hall–Kier alpha value is -1.88. The van der Waals surface area contributed by atoms with Crippen LogP contribution in [0.2, 0.25) is 5.02 Å². The summed E-state index contributed by atoms with van der Waals surface area (Å²) in [6.07, 6.45) is 1.34. The maximum absolute atomic E-state index is 12.5. The van der Waals surface area contributed by atoms with E-state index < -0.39 is 0 Å². The van der Waals surface area contributed by atoms with Gasteiger partial charge in [0.05, 0.1) is 19.3 Å². The van der Waals surface area contributed by atoms with E-state index in [1.807, 2.05) is 47.4 Å². The Balaban J connectivity index is 1.65. The maximum atomic E-state index is 12.5. The number of benzene rings is 2. The number of hydrogen-bond donors (Lipinski definition) is 1. The van der Waals surface area contributed by atoms with Gasteiger partial charge in [0.2, 0.25) is 5.91 Å². The highest BCUT2D eigenvalue weighted by atomic mass is 35.5. The molecule has 0 unspecified atom stereocenters. The highest BCUT2D eigenvalue weighted by Crippen LogP contribution is 2.14. The third-order valence-electron chi connectivity index (χ3n) is 4.61. The zero-order valence-electron chi connectivity index (χ0n) is 14.9. The van der Waals surface area contributed by atoms with Gasteiger partial charge < -0.3 is 15.0 Å². The summed E-state index contributed by atoms with van der Waals surface area (Å²) in [5, 5.41) is 4.02. The molecule has 1 atom stereocenters. The summed E-state index contributed by atoms with van der Waals surface area (Å²) < 4.78 is 5.98. The van der Waals surface area contributed by atoms with Crippen molar-refractivity contribution in [1.29, 1.82) is 0 Å². The summed E-state index contributed by atoms with van der Waals surface area (Å²) >= 11 is 5.93. The number of halogens is 1. The molecule has 1 fully saturated rings. The van der Waals surface area contributed by atoms with E-state index in [0.717, 1.165) is 36.6 Å². The minimum absolute atomic E-state index is 0.0390. The summed E-state index contributed by atoms with van der Waals surface area (Å²) in [6.45, 7) is 3.33. The molecular formula is C21H25ClN2O2. The Kier molecular flexibility index (Phi) is 7.06. The van der Waals surface area contributed by atoms with Crippen LogP contribution in [0.25, 0.3) is 0 Å². The molecule has 138 valence electrons. The number of rotatable bonds is 7. The van der Waals surface area contributed by atoms with Crippen molar-refractivity contribution in [3.8, 4) is 0 Å². The van der Waals surface area contributed by atoms with E-state index in [0.29, 0.717) is 19.6 Å². The number of amides is 1. The van der Waals surface area contributed by atoms with Gasteiger partial charge in [-0.25, -0.2) is 0 Å². The quantitative estimate of drug-likeness (QED) is 0.810. The standard InChI is InChI=1S/C21H25ClN2O2/c22-19-8-6-18(7-9-19)15-26-16-20(14-17-4-2-1-3-5-17)24-13-12-23-11-10-21(24)25/h1-9,20,23H,10-16H2/t20-/m0/s1. The molecule has 1 N–H and O–H groups in total. The zero-order chi connectivity index (χ0) is 18.2. The first-order valence-electron chi connectivity index (χ1n) is 9.08. The molecule has 0 radical (unpaired) electrons. The third kappa shape index (κ3) is 5.56. The topological polar surface area (TPSA) is 41.6 Å². The van der Waals surface area contributed by atoms with Gasteiger partial charge in [0.25, 0.3) is 0 Å². The highest BCUT2D eigenvalue weighted by molar-refractivity contribution is 6.30. The Morgan fingerprint density at radius 3 is 2.58 bits per heavy atom. The molecule has 1 aliphatic rings. The van der Waals surface area contributed by atoms with Crippen LogP contribution in [0.15, 0.2) is 54.6 Å². The lowest BCUT2D eigenvalue weighted by molar-refractivity contribution is -0.134. The zero-order valence-corrected chi connectivity index (χ0v) is 15.6. The maximum Gasteiger partial charge on any atom is 0.224 e. The van der Waals surface area contributed by atoms with Crippen molar-refractivity contribution in [3.05, 3.63) is 70.7 Å². The molecule has 0 bridgehead atoms. The predicted molar refractivity (Wildman–Crippen MR) is 104 cm³/mol. The summed E-state index contributed by atoms with van der Waals surface area (Å²) in [5.41, 5.74) is 2.30. The van der Waals surface area contributed by atoms with E-state index in [9.17, 15) is 4.79 Å². The SMILES string of the molecule is O=C1CCNCCN1[C@H](COCc1ccc(Cl)cc1)Cc1ccccc1. The van der Waals surface area contributed by atoms with E-state index in [-0.39, 0.29) is 11.9 Å². The Morgan fingerprint density at radius 2 is 1.81 bits per heavy atom. The van der Waals surface area contributed by atoms with Gasteiger partial charge in [-0.2, -0.15) is 0 Å². The van der Waals surface area contributed by atoms with Crippen LogP contribution in [-0.2, 0) is 22.6 Å². The van der Waals surface area contributed by atoms with Gasteiger partial charge >= 0.3 is 0 Å². The van der Waals surface area contributed by atoms with Crippen LogP contribution < -0.4 is 5.32 Å². The van der Waals surface area contributed by atoms with Crippen molar-refractivity contribution in [3.63, 3.8) is 0 Å². The van der Waals surface area contributed by atoms with Crippen molar-refractivity contribution >= 4 is 17.5 Å². The first-order chi connectivity index (χ1) is 12.7. The Bertz CT molecular complexity index is 691. The van der Waals surface area contributed by atoms with Crippen LogP contribution in [0.3, 0.4) is 0 Å². The first kappa shape index (κ1) is 18.9. The van der Waals surface area contributed by atoms with Crippen LogP contribution in [0, 0.1) is 0 Å². The number of ether oxygens (including phenoxy) is 1. The Labute approximate surface area is 160 Å². The smallest absolute Gasteiger partial charge is 0.224 e. The minimum atomic E-state index is 0.0390. The van der Waals surface area contributed by atoms with Gasteiger partial charge in [0.1, 0.15) is 0 Å². The summed E-state index contributed by atoms with van der Waals surface area (Å²) in [5.74, 6) is 0.200. The number of hydrogen-bond acceptors (Lipinski definition) is 3. The molecule has 0 aromatic heterocycles. The van der Waals surface area contributed by atoms with Crippen LogP contribution in [0.1, 0.15) is 17.5 Å². The fraction of sp³-hybridized carbons (Fsp3) is 0.381. The second-order valence-electron chi connectivity index (χ2n) is 6.57. The number of carbonyl (C=O) groups excluding carboxylic acids is 1. The van der Waals surface area contributed by atoms with Crippen molar-refractivity contribution in [2.75, 3.05) is 26.2 Å². The van der Waals surface area contributed by atoms with Crippen LogP contribution in [0.5, 0.6) is 0 Å². The van der Waals surface area contributed by atoms with Gasteiger partial charge in [-0.15, -0.1) is 0 Å². The molecular weight excluding hydrogens is 348 g/mol. The van der Waals surface area contributed by atoms with Crippen molar-refractivity contribution < 1.29 is 9.53 Å². The fourth-order valence-electron chi connectivity index (χ4n) is 3.21. The van der Waals surface area contributed by atoms with Gasteiger partial charge in [-0.1, -0.05) is 54.1 Å². The lowest BCUT2D eigenvalue weighted by Crippen LogP contribution is -2.45. The fourth-order valence-corrected chi connectivity index (χ4v) is 3.34. The van der Waals surface area contributed by atoms with Crippen LogP contribution in [0.4, 0.5) is 0 Å². The largest absolute Gasteiger partial charge is 0.375 e. The molecule has 5 heteroatoms. The average molecular weight is 373 g/mol. The monoisotopic (exact) mass is 372 g/mol. The van der Waals surface area contributed by atoms with Crippen LogP contribution >= 0.6 is 11.6 Å². The molecule has 1 amide bonds. The third-order valence-corrected chi connectivity index (χ3v) is 4.86. The lowest BCUT2D eigenvalue weighted by atomic mass is 10.0. The second-order valence-corrected chi connectivity index (χ2v) is 7.01. The van der Waals surface area contributed by atoms with E-state index in [1.54, 1.807) is 0 Å². The molecule has 3 rings (SSSR count). The lowest BCUT2D eigenvalue weighted by Gasteiger charge is -2.31. The molecule has 26 heavy (non-hydrogen) atoms. The molecule has 2 aromatic rings. The number of nitrogens with zero attached hydrogens (tertiary/aromatic N) is 1. The van der Waals surface area contributed by atoms with Crippen molar-refractivity contribution in [1.82, 2.24) is 10.2 Å². The molecule has 0 spiro atoms. The van der Waals surface area contributed by atoms with Gasteiger partial charge in [-0.3, -0.25) is 4.79 Å². The number of nitrogens with one attached hydrogen (secondary N) is 1. The Morgan fingerprint density at radius 1 is 1.04 bits per heavy atom. The molecule has 1 saturated heterocycles. The minimum Gasteiger partial charge on any atom is -0.375 e. The van der Waals surface area contributed by atoms with Crippen LogP contribution in [-0.4, -0.2) is 43.1 Å². The van der Waals surface area contributed by atoms with Crippen molar-refractivity contribution in [2.24, 2.45) is 0 Å². The molecule has 1 aliphatic heterocycles. The predicted octanol–water partition coefficient (Wildman–Crippen LogP) is 3.29. The van der Waals surface area contributed by atoms with E-state index in [1.165, 1.54) is 5.56 Å². The van der Waals surface area contributed by atoms with E-state index >= 15 is 0 Å². The summed E-state index contributed by atoms with van der Waals surface area (Å²) in [6, 6.07) is 18.0. The first-order valence-corrected chi connectivity index (χ1v) is 9.46. The summed E-state index contributed by atoms with van der Waals surface area (Å²) in [4.78, 5) is 14.5. The normalized spacial score (nSPS) is 16.3. The van der Waals surface area contributed by atoms with Gasteiger partial charge in [0, 0.05) is 31.1 Å². The molecule has 0 saturated carbocycles. The average Bonchev–Trinajstić information content (AvgIpc) is 2.88. The molecule has 0 aliphatic carbocycles. The highest BCUT2D eigenvalue weighted by Gasteiger charge is 2.25.